The van der Waals surface area contributed by atoms with E-state index >= 15 is 0 Å². The highest BCUT2D eigenvalue weighted by molar-refractivity contribution is 6.49. The smallest absolute Gasteiger partial charge is 0.233 e. The summed E-state index contributed by atoms with van der Waals surface area (Å²) in [6.07, 6.45) is 1.75. The molecule has 0 saturated heterocycles. The summed E-state index contributed by atoms with van der Waals surface area (Å²) in [6.45, 7) is 8.05. The molecule has 0 N–H and O–H groups in total. The zero-order valence-corrected chi connectivity index (χ0v) is 24.1. The molecule has 0 aliphatic rings. The maximum atomic E-state index is 12.0. The Balaban J connectivity index is 0.000000176. The molecule has 5 nitrogen and oxygen atoms in total. The Bertz CT molecular complexity index is 1720. The van der Waals surface area contributed by atoms with E-state index in [1.807, 2.05) is 50.2 Å². The van der Waals surface area contributed by atoms with E-state index in [1.54, 1.807) is 30.5 Å². The molecule has 4 aromatic carbocycles. The zero-order chi connectivity index (χ0) is 29.6. The minimum absolute atomic E-state index is 0.436. The largest absolute Gasteiger partial charge is 0.285 e. The first-order valence-corrected chi connectivity index (χ1v) is 13.8. The van der Waals surface area contributed by atoms with Crippen molar-refractivity contribution >= 4 is 22.7 Å². The third-order valence-corrected chi connectivity index (χ3v) is 6.92. The molecule has 42 heavy (non-hydrogen) atoms. The van der Waals surface area contributed by atoms with Crippen LogP contribution >= 0.6 is 0 Å². The van der Waals surface area contributed by atoms with E-state index < -0.39 is 11.6 Å². The SMILES string of the molecule is Cc1ccc(-c2nc3cccnc3nc2-c2ccc(C)cc2)cc1.Cc1ccc(C(=O)C(=O)c2ccc(C)cc2)cc1. The van der Waals surface area contributed by atoms with Gasteiger partial charge in [0.2, 0.25) is 11.6 Å². The van der Waals surface area contributed by atoms with Gasteiger partial charge in [-0.25, -0.2) is 15.0 Å². The van der Waals surface area contributed by atoms with Gasteiger partial charge in [0.25, 0.3) is 0 Å². The number of carbonyl (C=O) groups is 2. The van der Waals surface area contributed by atoms with Gasteiger partial charge < -0.3 is 0 Å². The van der Waals surface area contributed by atoms with E-state index in [0.717, 1.165) is 39.2 Å². The zero-order valence-electron chi connectivity index (χ0n) is 24.1. The number of Topliss-reactive ketones (excluding diaryl/α,β-unsaturated/α-hetero) is 2. The summed E-state index contributed by atoms with van der Waals surface area (Å²) >= 11 is 0. The van der Waals surface area contributed by atoms with E-state index in [2.05, 4.69) is 67.4 Å². The van der Waals surface area contributed by atoms with E-state index in [-0.39, 0.29) is 0 Å². The van der Waals surface area contributed by atoms with Crippen molar-refractivity contribution in [3.8, 4) is 22.5 Å². The van der Waals surface area contributed by atoms with Crippen LogP contribution in [-0.4, -0.2) is 26.5 Å². The van der Waals surface area contributed by atoms with Gasteiger partial charge in [0, 0.05) is 28.5 Å². The number of hydrogen-bond donors (Lipinski definition) is 0. The van der Waals surface area contributed by atoms with Gasteiger partial charge in [0.1, 0.15) is 5.52 Å². The molecule has 0 amide bonds. The number of hydrogen-bond acceptors (Lipinski definition) is 5. The average Bonchev–Trinajstić information content (AvgIpc) is 3.02. The number of aromatic nitrogens is 3. The normalized spacial score (nSPS) is 10.6. The highest BCUT2D eigenvalue weighted by Crippen LogP contribution is 2.30. The predicted octanol–water partition coefficient (Wildman–Crippen LogP) is 8.34. The third kappa shape index (κ3) is 6.53. The highest BCUT2D eigenvalue weighted by Gasteiger charge is 2.18. The van der Waals surface area contributed by atoms with Crippen molar-refractivity contribution in [3.63, 3.8) is 0 Å². The monoisotopic (exact) mass is 549 g/mol. The van der Waals surface area contributed by atoms with Crippen LogP contribution in [-0.2, 0) is 0 Å². The van der Waals surface area contributed by atoms with E-state index in [4.69, 9.17) is 9.97 Å². The topological polar surface area (TPSA) is 72.8 Å². The molecule has 0 atom stereocenters. The van der Waals surface area contributed by atoms with Crippen LogP contribution in [0, 0.1) is 27.7 Å². The van der Waals surface area contributed by atoms with Gasteiger partial charge in [-0.2, -0.15) is 0 Å². The summed E-state index contributed by atoms with van der Waals surface area (Å²) < 4.78 is 0. The van der Waals surface area contributed by atoms with Crippen LogP contribution < -0.4 is 0 Å². The summed E-state index contributed by atoms with van der Waals surface area (Å²) in [5, 5.41) is 0. The minimum Gasteiger partial charge on any atom is -0.285 e. The molecular formula is C37H31N3O2. The molecule has 0 saturated carbocycles. The van der Waals surface area contributed by atoms with Gasteiger partial charge in [-0.05, 0) is 39.8 Å². The lowest BCUT2D eigenvalue weighted by Gasteiger charge is -2.10. The molecule has 5 heteroatoms. The Morgan fingerprint density at radius 3 is 1.29 bits per heavy atom. The van der Waals surface area contributed by atoms with Crippen LogP contribution in [0.3, 0.4) is 0 Å². The Labute approximate surface area is 246 Å². The summed E-state index contributed by atoms with van der Waals surface area (Å²) in [5.74, 6) is -0.919. The standard InChI is InChI=1S/C21H17N3.C16H14O2/c1-14-5-9-16(10-6-14)19-20(17-11-7-15(2)8-12-17)24-21-18(23-19)4-3-13-22-21;1-11-3-7-13(8-4-11)15(17)16(18)14-9-5-12(2)6-10-14/h3-13H,1-2H3;3-10H,1-2H3. The molecular weight excluding hydrogens is 518 g/mol. The quantitative estimate of drug-likeness (QED) is 0.160. The summed E-state index contributed by atoms with van der Waals surface area (Å²) in [6, 6.07) is 34.7. The number of benzene rings is 4. The van der Waals surface area contributed by atoms with E-state index in [0.29, 0.717) is 16.8 Å². The third-order valence-electron chi connectivity index (χ3n) is 6.92. The lowest BCUT2D eigenvalue weighted by atomic mass is 10.00. The summed E-state index contributed by atoms with van der Waals surface area (Å²) in [7, 11) is 0. The fourth-order valence-corrected chi connectivity index (χ4v) is 4.39. The van der Waals surface area contributed by atoms with Gasteiger partial charge in [-0.1, -0.05) is 119 Å². The molecule has 0 fully saturated rings. The van der Waals surface area contributed by atoms with Gasteiger partial charge in [-0.3, -0.25) is 9.59 Å². The maximum Gasteiger partial charge on any atom is 0.233 e. The van der Waals surface area contributed by atoms with Crippen molar-refractivity contribution < 1.29 is 9.59 Å². The lowest BCUT2D eigenvalue weighted by molar-refractivity contribution is 0.0817. The lowest BCUT2D eigenvalue weighted by Crippen LogP contribution is -2.14. The minimum atomic E-state index is -0.459. The van der Waals surface area contributed by atoms with Gasteiger partial charge >= 0.3 is 0 Å². The first-order valence-electron chi connectivity index (χ1n) is 13.8. The molecule has 2 heterocycles. The molecule has 0 radical (unpaired) electrons. The number of carbonyl (C=O) groups excluding carboxylic acids is 2. The fraction of sp³-hybridized carbons (Fsp3) is 0.108. The molecule has 0 aliphatic heterocycles. The second kappa shape index (κ2) is 12.5. The van der Waals surface area contributed by atoms with Gasteiger partial charge in [0.15, 0.2) is 5.65 Å². The van der Waals surface area contributed by atoms with Crippen molar-refractivity contribution in [2.24, 2.45) is 0 Å². The molecule has 0 aliphatic carbocycles. The van der Waals surface area contributed by atoms with Crippen LogP contribution in [0.25, 0.3) is 33.7 Å². The highest BCUT2D eigenvalue weighted by atomic mass is 16.2. The van der Waals surface area contributed by atoms with Crippen LogP contribution in [0.2, 0.25) is 0 Å². The Hall–Kier alpha value is -5.29. The molecule has 0 spiro atoms. The molecule has 206 valence electrons. The van der Waals surface area contributed by atoms with Crippen molar-refractivity contribution in [2.75, 3.05) is 0 Å². The van der Waals surface area contributed by atoms with Crippen LogP contribution in [0.15, 0.2) is 115 Å². The molecule has 2 aromatic heterocycles. The van der Waals surface area contributed by atoms with E-state index in [9.17, 15) is 9.59 Å². The Morgan fingerprint density at radius 1 is 0.476 bits per heavy atom. The van der Waals surface area contributed by atoms with E-state index in [1.165, 1.54) is 11.1 Å². The number of rotatable bonds is 5. The van der Waals surface area contributed by atoms with Crippen molar-refractivity contribution in [1.82, 2.24) is 15.0 Å². The van der Waals surface area contributed by atoms with Crippen LogP contribution in [0.5, 0.6) is 0 Å². The fourth-order valence-electron chi connectivity index (χ4n) is 4.39. The molecule has 6 aromatic rings. The Morgan fingerprint density at radius 2 is 0.857 bits per heavy atom. The number of ketones is 2. The predicted molar refractivity (Wildman–Crippen MR) is 169 cm³/mol. The second-order valence-electron chi connectivity index (χ2n) is 10.4. The number of fused-ring (bicyclic) bond motifs is 1. The summed E-state index contributed by atoms with van der Waals surface area (Å²) in [5.41, 5.74) is 10.8. The van der Waals surface area contributed by atoms with Crippen molar-refractivity contribution in [2.45, 2.75) is 27.7 Å². The Kier molecular flexibility index (Phi) is 8.39. The van der Waals surface area contributed by atoms with Crippen molar-refractivity contribution in [3.05, 3.63) is 149 Å². The molecule has 6 rings (SSSR count). The second-order valence-corrected chi connectivity index (χ2v) is 10.4. The van der Waals surface area contributed by atoms with Gasteiger partial charge in [0.05, 0.1) is 11.4 Å². The first-order chi connectivity index (χ1) is 20.3. The maximum absolute atomic E-state index is 12.0. The molecule has 0 bridgehead atoms. The number of nitrogens with zero attached hydrogens (tertiary/aromatic N) is 3. The molecule has 0 unspecified atom stereocenters. The average molecular weight is 550 g/mol. The van der Waals surface area contributed by atoms with Crippen LogP contribution in [0.4, 0.5) is 0 Å². The van der Waals surface area contributed by atoms with Crippen molar-refractivity contribution in [1.29, 1.82) is 0 Å². The van der Waals surface area contributed by atoms with Crippen LogP contribution in [0.1, 0.15) is 43.0 Å². The number of aryl methyl sites for hydroxylation is 4. The first kappa shape index (κ1) is 28.2. The number of pyridine rings is 1. The summed E-state index contributed by atoms with van der Waals surface area (Å²) in [4.78, 5) is 38.0. The van der Waals surface area contributed by atoms with Gasteiger partial charge in [-0.15, -0.1) is 0 Å².